The van der Waals surface area contributed by atoms with Gasteiger partial charge in [-0.1, -0.05) is 133 Å². The van der Waals surface area contributed by atoms with Gasteiger partial charge in [-0.25, -0.2) is 0 Å². The van der Waals surface area contributed by atoms with Gasteiger partial charge >= 0.3 is 0 Å². The maximum Gasteiger partial charge on any atom is 0.0714 e. The molecule has 0 fully saturated rings. The van der Waals surface area contributed by atoms with Gasteiger partial charge < -0.3 is 0 Å². The lowest BCUT2D eigenvalue weighted by Gasteiger charge is -2.24. The second kappa shape index (κ2) is 10.4. The van der Waals surface area contributed by atoms with Crippen LogP contribution in [-0.2, 0) is 11.8 Å². The summed E-state index contributed by atoms with van der Waals surface area (Å²) in [6.07, 6.45) is 4.00. The summed E-state index contributed by atoms with van der Waals surface area (Å²) < 4.78 is 0. The quantitative estimate of drug-likeness (QED) is 0.328. The predicted octanol–water partition coefficient (Wildman–Crippen LogP) is 4.89. The van der Waals surface area contributed by atoms with Crippen molar-refractivity contribution in [2.24, 2.45) is 0 Å². The minimum atomic E-state index is -2.18. The maximum absolute atomic E-state index is 6.52. The van der Waals surface area contributed by atoms with E-state index in [0.717, 1.165) is 16.8 Å². The molecule has 4 aromatic carbocycles. The normalized spacial score (nSPS) is 12.9. The average Bonchev–Trinajstić information content (AvgIpc) is 2.95. The number of pyridine rings is 1. The summed E-state index contributed by atoms with van der Waals surface area (Å²) in [6, 6.07) is 42.3. The third kappa shape index (κ3) is 4.56. The highest BCUT2D eigenvalue weighted by Crippen LogP contribution is 2.42. The lowest BCUT2D eigenvalue weighted by molar-refractivity contribution is 1.26. The molecule has 1 heterocycles. The van der Waals surface area contributed by atoms with Crippen molar-refractivity contribution in [3.05, 3.63) is 155 Å². The number of rotatable bonds is 5. The van der Waals surface area contributed by atoms with E-state index in [2.05, 4.69) is 116 Å². The molecule has 5 aromatic rings. The highest BCUT2D eigenvalue weighted by Gasteiger charge is 2.24. The van der Waals surface area contributed by atoms with Gasteiger partial charge in [-0.2, -0.15) is 0 Å². The van der Waals surface area contributed by atoms with Gasteiger partial charge in [-0.3, -0.25) is 4.98 Å². The molecule has 3 heteroatoms. The molecular weight excluding hydrogens is 461 g/mol. The molecular formula is C32H26NPS. The first kappa shape index (κ1) is 23.2. The molecule has 0 saturated heterocycles. The van der Waals surface area contributed by atoms with Crippen molar-refractivity contribution in [2.45, 2.75) is 6.92 Å². The Kier molecular flexibility index (Phi) is 6.86. The summed E-state index contributed by atoms with van der Waals surface area (Å²) in [4.78, 5) is 4.71. The van der Waals surface area contributed by atoms with Crippen LogP contribution < -0.4 is 26.4 Å². The Morgan fingerprint density at radius 1 is 0.629 bits per heavy atom. The van der Waals surface area contributed by atoms with Crippen molar-refractivity contribution >= 4 is 45.4 Å². The highest BCUT2D eigenvalue weighted by atomic mass is 32.4. The summed E-state index contributed by atoms with van der Waals surface area (Å²) in [5.74, 6) is 0. The summed E-state index contributed by atoms with van der Waals surface area (Å²) >= 11 is 6.52. The molecule has 0 radical (unpaired) electrons. The number of nitrogens with zero attached hydrogens (tertiary/aromatic N) is 1. The lowest BCUT2D eigenvalue weighted by atomic mass is 9.98. The zero-order chi connectivity index (χ0) is 24.1. The maximum atomic E-state index is 6.52. The van der Waals surface area contributed by atoms with E-state index in [4.69, 9.17) is 16.8 Å². The van der Waals surface area contributed by atoms with Crippen LogP contribution in [0.2, 0.25) is 0 Å². The van der Waals surface area contributed by atoms with Crippen molar-refractivity contribution in [3.63, 3.8) is 0 Å². The molecule has 0 saturated carbocycles. The third-order valence-electron chi connectivity index (χ3n) is 6.22. The Bertz CT molecular complexity index is 1550. The molecule has 0 N–H and O–H groups in total. The van der Waals surface area contributed by atoms with E-state index >= 15 is 0 Å². The van der Waals surface area contributed by atoms with Crippen molar-refractivity contribution < 1.29 is 0 Å². The summed E-state index contributed by atoms with van der Waals surface area (Å²) in [5, 5.41) is 5.95. The van der Waals surface area contributed by atoms with Gasteiger partial charge in [0.1, 0.15) is 0 Å². The van der Waals surface area contributed by atoms with Crippen molar-refractivity contribution in [1.29, 1.82) is 0 Å². The van der Waals surface area contributed by atoms with E-state index in [1.54, 1.807) is 0 Å². The van der Waals surface area contributed by atoms with Gasteiger partial charge in [-0.15, -0.1) is 0 Å². The Balaban J connectivity index is 1.73. The van der Waals surface area contributed by atoms with E-state index < -0.39 is 6.04 Å². The molecule has 0 atom stereocenters. The van der Waals surface area contributed by atoms with Crippen molar-refractivity contribution in [1.82, 2.24) is 4.98 Å². The first-order valence-corrected chi connectivity index (χ1v) is 14.5. The first-order chi connectivity index (χ1) is 17.2. The molecule has 0 aliphatic rings. The summed E-state index contributed by atoms with van der Waals surface area (Å²) in [6.45, 7) is 2.08. The van der Waals surface area contributed by atoms with E-state index in [1.165, 1.54) is 26.4 Å². The average molecular weight is 488 g/mol. The van der Waals surface area contributed by atoms with Crippen LogP contribution in [0.1, 0.15) is 18.2 Å². The standard InChI is InChI=1S/C32H26NPS/c1-2-25-13-9-10-18-30(25)32(31-19-11-12-24-33-31)26-20-22-29(23-21-26)34(35,27-14-5-3-6-15-27)28-16-7-4-8-17-28/h2-24H,1H3/b25-2-,32-30-. The number of hydrogen-bond donors (Lipinski definition) is 0. The lowest BCUT2D eigenvalue weighted by Crippen LogP contribution is -2.28. The summed E-state index contributed by atoms with van der Waals surface area (Å²) in [5.41, 5.74) is 3.21. The van der Waals surface area contributed by atoms with Crippen LogP contribution in [0.4, 0.5) is 0 Å². The van der Waals surface area contributed by atoms with Crippen LogP contribution >= 0.6 is 6.04 Å². The fraction of sp³-hybridized carbons (Fsp3) is 0.0312. The second-order valence-corrected chi connectivity index (χ2v) is 12.7. The van der Waals surface area contributed by atoms with E-state index in [-0.39, 0.29) is 0 Å². The minimum absolute atomic E-state index is 0.958. The number of aromatic nitrogens is 1. The van der Waals surface area contributed by atoms with Gasteiger partial charge in [0.2, 0.25) is 0 Å². The molecule has 0 amide bonds. The Morgan fingerprint density at radius 2 is 1.17 bits per heavy atom. The molecule has 0 unspecified atom stereocenters. The Labute approximate surface area is 212 Å². The van der Waals surface area contributed by atoms with Crippen LogP contribution in [0.5, 0.6) is 0 Å². The second-order valence-electron chi connectivity index (χ2n) is 8.29. The molecule has 35 heavy (non-hydrogen) atoms. The zero-order valence-electron chi connectivity index (χ0n) is 19.6. The van der Waals surface area contributed by atoms with Crippen LogP contribution in [0.15, 0.2) is 134 Å². The molecule has 0 aliphatic heterocycles. The molecule has 5 rings (SSSR count). The van der Waals surface area contributed by atoms with Gasteiger partial charge in [0.05, 0.1) is 5.69 Å². The first-order valence-electron chi connectivity index (χ1n) is 11.7. The molecule has 170 valence electrons. The van der Waals surface area contributed by atoms with Crippen LogP contribution in [0, 0.1) is 0 Å². The van der Waals surface area contributed by atoms with Crippen molar-refractivity contribution in [2.75, 3.05) is 0 Å². The Hall–Kier alpha value is -3.58. The SMILES string of the molecule is C/C=c1/cccc/c1=C(\c1ccc(P(=S)(c2ccccc2)c2ccccc2)cc1)c1ccccn1. The molecule has 0 spiro atoms. The van der Waals surface area contributed by atoms with Gasteiger partial charge in [0.15, 0.2) is 0 Å². The topological polar surface area (TPSA) is 12.9 Å². The van der Waals surface area contributed by atoms with Crippen LogP contribution in [0.25, 0.3) is 11.6 Å². The zero-order valence-corrected chi connectivity index (χ0v) is 21.3. The van der Waals surface area contributed by atoms with E-state index in [0.29, 0.717) is 0 Å². The smallest absolute Gasteiger partial charge is 0.0714 e. The monoisotopic (exact) mass is 487 g/mol. The molecule has 0 aliphatic carbocycles. The largest absolute Gasteiger partial charge is 0.256 e. The van der Waals surface area contributed by atoms with Gasteiger partial charge in [0, 0.05) is 17.8 Å². The predicted molar refractivity (Wildman–Crippen MR) is 154 cm³/mol. The van der Waals surface area contributed by atoms with Crippen LogP contribution in [0.3, 0.4) is 0 Å². The summed E-state index contributed by atoms with van der Waals surface area (Å²) in [7, 11) is 0. The number of benzene rings is 4. The van der Waals surface area contributed by atoms with Gasteiger partial charge in [-0.05, 0) is 51.0 Å². The molecule has 1 nitrogen and oxygen atoms in total. The van der Waals surface area contributed by atoms with Crippen LogP contribution in [-0.4, -0.2) is 4.98 Å². The highest BCUT2D eigenvalue weighted by molar-refractivity contribution is 8.25. The molecule has 0 bridgehead atoms. The fourth-order valence-electron chi connectivity index (χ4n) is 4.49. The van der Waals surface area contributed by atoms with E-state index in [9.17, 15) is 0 Å². The third-order valence-corrected chi connectivity index (χ3v) is 11.2. The van der Waals surface area contributed by atoms with E-state index in [1.807, 2.05) is 30.5 Å². The fourth-order valence-corrected chi connectivity index (χ4v) is 8.23. The van der Waals surface area contributed by atoms with Gasteiger partial charge in [0.25, 0.3) is 0 Å². The number of hydrogen-bond acceptors (Lipinski definition) is 2. The minimum Gasteiger partial charge on any atom is -0.256 e. The molecule has 1 aromatic heterocycles. The Morgan fingerprint density at radius 3 is 1.74 bits per heavy atom. The van der Waals surface area contributed by atoms with Crippen molar-refractivity contribution in [3.8, 4) is 0 Å².